The van der Waals surface area contributed by atoms with Crippen molar-refractivity contribution in [2.24, 2.45) is 0 Å². The molecule has 25 valence electrons. The van der Waals surface area contributed by atoms with Crippen LogP contribution < -0.4 is 0 Å². The Morgan fingerprint density at radius 1 is 2.00 bits per heavy atom. The average Bonchev–Trinajstić information content (AvgIpc) is 1.37. The first-order valence-electron chi connectivity index (χ1n) is 1.16. The molecule has 0 amide bonds. The van der Waals surface area contributed by atoms with Gasteiger partial charge in [-0.05, 0) is 0 Å². The van der Waals surface area contributed by atoms with Gasteiger partial charge < -0.3 is 0 Å². The summed E-state index contributed by atoms with van der Waals surface area (Å²) in [7, 11) is 0. The van der Waals surface area contributed by atoms with E-state index in [1.807, 2.05) is 6.92 Å². The van der Waals surface area contributed by atoms with Crippen LogP contribution in [0.15, 0.2) is 0 Å². The van der Waals surface area contributed by atoms with Gasteiger partial charge >= 0.3 is 0 Å². The maximum Gasteiger partial charge on any atom is 0.0324 e. The first kappa shape index (κ1) is 4.31. The van der Waals surface area contributed by atoms with E-state index >= 15 is 0 Å². The van der Waals surface area contributed by atoms with E-state index < -0.39 is 0 Å². The molecule has 0 unspecified atom stereocenters. The molecule has 0 fully saturated rings. The Balaban J connectivity index is 1.97. The molecular formula is C2H5OS. The molecule has 1 radical (unpaired) electrons. The Morgan fingerprint density at radius 2 is 2.25 bits per heavy atom. The first-order chi connectivity index (χ1) is 1.91. The van der Waals surface area contributed by atoms with Crippen LogP contribution in [0.5, 0.6) is 0 Å². The van der Waals surface area contributed by atoms with Gasteiger partial charge in [-0.2, -0.15) is 4.55 Å². The molecular weight excluding hydrogens is 72.1 g/mol. The van der Waals surface area contributed by atoms with Crippen LogP contribution in [0.3, 0.4) is 0 Å². The highest BCUT2D eigenvalue weighted by molar-refractivity contribution is 7.93. The van der Waals surface area contributed by atoms with E-state index in [-0.39, 0.29) is 0 Å². The lowest BCUT2D eigenvalue weighted by Crippen LogP contribution is -1.51. The van der Waals surface area contributed by atoms with Crippen molar-refractivity contribution in [3.8, 4) is 0 Å². The summed E-state index contributed by atoms with van der Waals surface area (Å²) in [6, 6.07) is 0. The normalized spacial score (nSPS) is 7.50. The van der Waals surface area contributed by atoms with Crippen molar-refractivity contribution in [3.63, 3.8) is 0 Å². The molecule has 0 aromatic heterocycles. The highest BCUT2D eigenvalue weighted by Gasteiger charge is 1.61. The second-order valence-electron chi connectivity index (χ2n) is 0.407. The molecule has 0 saturated heterocycles. The van der Waals surface area contributed by atoms with Gasteiger partial charge in [0.1, 0.15) is 0 Å². The summed E-state index contributed by atoms with van der Waals surface area (Å²) in [5.74, 6) is 0.681. The average molecular weight is 77.1 g/mol. The van der Waals surface area contributed by atoms with Gasteiger partial charge in [-0.1, -0.05) is 6.92 Å². The van der Waals surface area contributed by atoms with Crippen molar-refractivity contribution in [2.75, 3.05) is 5.75 Å². The van der Waals surface area contributed by atoms with Gasteiger partial charge in [0, 0.05) is 17.8 Å². The van der Waals surface area contributed by atoms with Crippen LogP contribution in [0, 0.1) is 0 Å². The molecule has 4 heavy (non-hydrogen) atoms. The maximum absolute atomic E-state index is 9.22. The molecule has 1 nitrogen and oxygen atoms in total. The van der Waals surface area contributed by atoms with Gasteiger partial charge in [0.05, 0.1) is 0 Å². The Kier molecular flexibility index (Phi) is 3.57. The Bertz CT molecular complexity index is 8.00. The predicted octanol–water partition coefficient (Wildman–Crippen LogP) is 1.08. The minimum atomic E-state index is 0.606. The second-order valence-corrected chi connectivity index (χ2v) is 1.22. The van der Waals surface area contributed by atoms with Crippen molar-refractivity contribution in [1.29, 1.82) is 0 Å². The van der Waals surface area contributed by atoms with Gasteiger partial charge in [0.25, 0.3) is 0 Å². The van der Waals surface area contributed by atoms with E-state index in [2.05, 4.69) is 0 Å². The van der Waals surface area contributed by atoms with Crippen molar-refractivity contribution in [1.82, 2.24) is 0 Å². The Morgan fingerprint density at radius 3 is 2.25 bits per heavy atom. The quantitative estimate of drug-likeness (QED) is 0.429. The monoisotopic (exact) mass is 77.0 g/mol. The topological polar surface area (TPSA) is 19.9 Å². The molecule has 0 aliphatic carbocycles. The fourth-order valence-electron chi connectivity index (χ4n) is 0. The highest BCUT2D eigenvalue weighted by Crippen LogP contribution is 1.84. The molecule has 0 atom stereocenters. The standard InChI is InChI=1S/C2H5OS/c1-2-4-3/h2H2,1H3. The summed E-state index contributed by atoms with van der Waals surface area (Å²) in [6.07, 6.45) is 0. The SMILES string of the molecule is CCS[O]. The predicted molar refractivity (Wildman–Crippen MR) is 18.8 cm³/mol. The maximum atomic E-state index is 9.22. The van der Waals surface area contributed by atoms with Gasteiger partial charge in [0.2, 0.25) is 0 Å². The summed E-state index contributed by atoms with van der Waals surface area (Å²) < 4.78 is 9.22. The van der Waals surface area contributed by atoms with Crippen molar-refractivity contribution in [3.05, 3.63) is 0 Å². The summed E-state index contributed by atoms with van der Waals surface area (Å²) >= 11 is 0.606. The number of rotatable bonds is 1. The first-order valence-corrected chi connectivity index (χ1v) is 2.07. The summed E-state index contributed by atoms with van der Waals surface area (Å²) in [4.78, 5) is 0. The van der Waals surface area contributed by atoms with Crippen LogP contribution >= 0.6 is 12.0 Å². The fraction of sp³-hybridized carbons (Fsp3) is 1.00. The third-order valence-corrected chi connectivity index (χ3v) is 0.354. The zero-order chi connectivity index (χ0) is 3.41. The molecule has 0 bridgehead atoms. The molecule has 0 spiro atoms. The van der Waals surface area contributed by atoms with Crippen LogP contribution in [-0.2, 0) is 4.55 Å². The summed E-state index contributed by atoms with van der Waals surface area (Å²) in [5, 5.41) is 0. The Labute approximate surface area is 30.2 Å². The largest absolute Gasteiger partial charge is 0.151 e. The molecule has 0 aromatic carbocycles. The minimum Gasteiger partial charge on any atom is -0.151 e. The molecule has 0 N–H and O–H groups in total. The van der Waals surface area contributed by atoms with Crippen LogP contribution in [-0.4, -0.2) is 5.75 Å². The fourth-order valence-corrected chi connectivity index (χ4v) is 0. The van der Waals surface area contributed by atoms with E-state index in [0.29, 0.717) is 17.8 Å². The lowest BCUT2D eigenvalue weighted by Gasteiger charge is -1.63. The van der Waals surface area contributed by atoms with Crippen LogP contribution in [0.1, 0.15) is 6.92 Å². The van der Waals surface area contributed by atoms with E-state index in [9.17, 15) is 4.55 Å². The van der Waals surface area contributed by atoms with Gasteiger partial charge in [-0.15, -0.1) is 0 Å². The third-order valence-electron chi connectivity index (χ3n) is 0.118. The lowest BCUT2D eigenvalue weighted by molar-refractivity contribution is 0.532. The van der Waals surface area contributed by atoms with E-state index in [4.69, 9.17) is 0 Å². The number of hydrogen-bond donors (Lipinski definition) is 0. The lowest BCUT2D eigenvalue weighted by atomic mass is 11.0. The van der Waals surface area contributed by atoms with Crippen LogP contribution in [0.4, 0.5) is 0 Å². The smallest absolute Gasteiger partial charge is 0.0324 e. The minimum absolute atomic E-state index is 0.606. The van der Waals surface area contributed by atoms with Gasteiger partial charge in [-0.25, -0.2) is 0 Å². The zero-order valence-electron chi connectivity index (χ0n) is 2.52. The third kappa shape index (κ3) is 2.31. The van der Waals surface area contributed by atoms with Gasteiger partial charge in [-0.3, -0.25) is 0 Å². The Hall–Kier alpha value is 0.310. The van der Waals surface area contributed by atoms with Crippen molar-refractivity contribution >= 4 is 12.0 Å². The van der Waals surface area contributed by atoms with E-state index in [1.165, 1.54) is 0 Å². The zero-order valence-corrected chi connectivity index (χ0v) is 3.34. The molecule has 0 aliphatic heterocycles. The van der Waals surface area contributed by atoms with Crippen LogP contribution in [0.2, 0.25) is 0 Å². The van der Waals surface area contributed by atoms with Crippen molar-refractivity contribution in [2.45, 2.75) is 6.92 Å². The molecule has 0 aromatic rings. The molecule has 0 saturated carbocycles. The molecule has 0 rings (SSSR count). The summed E-state index contributed by atoms with van der Waals surface area (Å²) in [6.45, 7) is 1.83. The number of hydrogen-bond acceptors (Lipinski definition) is 1. The molecule has 2 heteroatoms. The summed E-state index contributed by atoms with van der Waals surface area (Å²) in [5.41, 5.74) is 0. The van der Waals surface area contributed by atoms with Crippen LogP contribution in [0.25, 0.3) is 0 Å². The van der Waals surface area contributed by atoms with Gasteiger partial charge in [0.15, 0.2) is 0 Å². The highest BCUT2D eigenvalue weighted by atomic mass is 32.2. The van der Waals surface area contributed by atoms with E-state index in [1.54, 1.807) is 0 Å². The molecule has 0 aliphatic rings. The molecule has 0 heterocycles. The second kappa shape index (κ2) is 3.31. The van der Waals surface area contributed by atoms with E-state index in [0.717, 1.165) is 0 Å². The van der Waals surface area contributed by atoms with Crippen molar-refractivity contribution < 1.29 is 4.55 Å².